The van der Waals surface area contributed by atoms with Crippen molar-refractivity contribution < 1.29 is 14.3 Å². The van der Waals surface area contributed by atoms with Crippen molar-refractivity contribution in [2.75, 3.05) is 4.90 Å². The topological polar surface area (TPSA) is 70.7 Å². The summed E-state index contributed by atoms with van der Waals surface area (Å²) in [5.74, 6) is -0.708. The molecule has 1 aliphatic heterocycles. The maximum absolute atomic E-state index is 13.3. The van der Waals surface area contributed by atoms with Crippen molar-refractivity contribution in [2.45, 2.75) is 13.1 Å². The lowest BCUT2D eigenvalue weighted by Gasteiger charge is -2.16. The first-order chi connectivity index (χ1) is 10.6. The molecule has 7 heteroatoms. The predicted molar refractivity (Wildman–Crippen MR) is 76.2 cm³/mol. The lowest BCUT2D eigenvalue weighted by molar-refractivity contribution is 0.0688. The SMILES string of the molecule is O=C(O)c1cnc2ccc(N3Cc4ccc(F)cc4C3)nn12. The third-order valence-electron chi connectivity index (χ3n) is 3.78. The molecule has 22 heavy (non-hydrogen) atoms. The molecule has 0 radical (unpaired) electrons. The Balaban J connectivity index is 1.73. The van der Waals surface area contributed by atoms with Gasteiger partial charge in [-0.25, -0.2) is 18.7 Å². The van der Waals surface area contributed by atoms with Crippen molar-refractivity contribution >= 4 is 17.4 Å². The van der Waals surface area contributed by atoms with Gasteiger partial charge >= 0.3 is 5.97 Å². The maximum Gasteiger partial charge on any atom is 0.356 e. The van der Waals surface area contributed by atoms with Crippen molar-refractivity contribution in [2.24, 2.45) is 0 Å². The zero-order chi connectivity index (χ0) is 15.3. The summed E-state index contributed by atoms with van der Waals surface area (Å²) in [7, 11) is 0. The molecule has 0 spiro atoms. The van der Waals surface area contributed by atoms with Crippen LogP contribution in [0, 0.1) is 5.82 Å². The van der Waals surface area contributed by atoms with E-state index < -0.39 is 5.97 Å². The fourth-order valence-electron chi connectivity index (χ4n) is 2.70. The van der Waals surface area contributed by atoms with E-state index in [1.165, 1.54) is 22.8 Å². The summed E-state index contributed by atoms with van der Waals surface area (Å²) in [5.41, 5.74) is 2.46. The molecule has 0 unspecified atom stereocenters. The lowest BCUT2D eigenvalue weighted by Crippen LogP contribution is -2.18. The Hall–Kier alpha value is -2.96. The van der Waals surface area contributed by atoms with Crippen molar-refractivity contribution in [1.82, 2.24) is 14.6 Å². The quantitative estimate of drug-likeness (QED) is 0.784. The molecule has 0 amide bonds. The van der Waals surface area contributed by atoms with Crippen LogP contribution in [-0.2, 0) is 13.1 Å². The molecule has 0 saturated carbocycles. The van der Waals surface area contributed by atoms with Gasteiger partial charge in [-0.1, -0.05) is 6.07 Å². The molecule has 6 nitrogen and oxygen atoms in total. The number of hydrogen-bond acceptors (Lipinski definition) is 4. The number of hydrogen-bond donors (Lipinski definition) is 1. The average molecular weight is 298 g/mol. The molecule has 110 valence electrons. The Bertz CT molecular complexity index is 906. The summed E-state index contributed by atoms with van der Waals surface area (Å²) in [6, 6.07) is 8.24. The summed E-state index contributed by atoms with van der Waals surface area (Å²) >= 11 is 0. The van der Waals surface area contributed by atoms with Crippen LogP contribution in [0.5, 0.6) is 0 Å². The highest BCUT2D eigenvalue weighted by atomic mass is 19.1. The van der Waals surface area contributed by atoms with Crippen molar-refractivity contribution in [3.63, 3.8) is 0 Å². The summed E-state index contributed by atoms with van der Waals surface area (Å²) < 4.78 is 14.6. The summed E-state index contributed by atoms with van der Waals surface area (Å²) in [6.07, 6.45) is 1.28. The average Bonchev–Trinajstić information content (AvgIpc) is 3.09. The highest BCUT2D eigenvalue weighted by molar-refractivity contribution is 5.86. The number of imidazole rings is 1. The minimum absolute atomic E-state index is 0.0135. The van der Waals surface area contributed by atoms with E-state index in [9.17, 15) is 9.18 Å². The highest BCUT2D eigenvalue weighted by Gasteiger charge is 2.22. The van der Waals surface area contributed by atoms with E-state index in [4.69, 9.17) is 5.11 Å². The zero-order valence-electron chi connectivity index (χ0n) is 11.4. The second kappa shape index (κ2) is 4.52. The smallest absolute Gasteiger partial charge is 0.356 e. The Morgan fingerprint density at radius 2 is 2.00 bits per heavy atom. The largest absolute Gasteiger partial charge is 0.476 e. The van der Waals surface area contributed by atoms with Gasteiger partial charge in [-0.05, 0) is 35.4 Å². The van der Waals surface area contributed by atoms with Gasteiger partial charge in [0.25, 0.3) is 0 Å². The standard InChI is InChI=1S/C15H11FN4O2/c16-11-2-1-9-7-19(8-10(9)5-11)14-4-3-13-17-6-12(15(21)22)20(13)18-14/h1-6H,7-8H2,(H,21,22). The Morgan fingerprint density at radius 1 is 1.18 bits per heavy atom. The Morgan fingerprint density at radius 3 is 2.82 bits per heavy atom. The van der Waals surface area contributed by atoms with Crippen LogP contribution < -0.4 is 4.90 Å². The van der Waals surface area contributed by atoms with E-state index in [-0.39, 0.29) is 11.5 Å². The molecule has 1 N–H and O–H groups in total. The van der Waals surface area contributed by atoms with Gasteiger partial charge in [0, 0.05) is 13.1 Å². The molecule has 0 aliphatic carbocycles. The van der Waals surface area contributed by atoms with E-state index in [0.29, 0.717) is 24.6 Å². The molecule has 1 aliphatic rings. The summed E-state index contributed by atoms with van der Waals surface area (Å²) in [5, 5.41) is 13.5. The minimum Gasteiger partial charge on any atom is -0.476 e. The number of rotatable bonds is 2. The molecule has 0 bridgehead atoms. The van der Waals surface area contributed by atoms with Crippen LogP contribution in [0.2, 0.25) is 0 Å². The van der Waals surface area contributed by atoms with Crippen molar-refractivity contribution in [3.8, 4) is 0 Å². The fourth-order valence-corrected chi connectivity index (χ4v) is 2.70. The van der Waals surface area contributed by atoms with Gasteiger partial charge in [0.1, 0.15) is 11.6 Å². The van der Waals surface area contributed by atoms with E-state index in [1.807, 2.05) is 4.90 Å². The monoisotopic (exact) mass is 298 g/mol. The number of anilines is 1. The Labute approximate surface area is 124 Å². The van der Waals surface area contributed by atoms with E-state index in [0.717, 1.165) is 11.1 Å². The molecule has 0 atom stereocenters. The van der Waals surface area contributed by atoms with Crippen LogP contribution in [0.25, 0.3) is 5.65 Å². The van der Waals surface area contributed by atoms with Crippen LogP contribution in [0.4, 0.5) is 10.2 Å². The van der Waals surface area contributed by atoms with Gasteiger partial charge in [0.05, 0.1) is 6.20 Å². The maximum atomic E-state index is 13.3. The molecule has 1 aromatic carbocycles. The molecular weight excluding hydrogens is 287 g/mol. The fraction of sp³-hybridized carbons (Fsp3) is 0.133. The third kappa shape index (κ3) is 1.90. The highest BCUT2D eigenvalue weighted by Crippen LogP contribution is 2.27. The van der Waals surface area contributed by atoms with Crippen molar-refractivity contribution in [3.05, 3.63) is 59.2 Å². The molecule has 0 saturated heterocycles. The van der Waals surface area contributed by atoms with E-state index >= 15 is 0 Å². The van der Waals surface area contributed by atoms with Crippen LogP contribution >= 0.6 is 0 Å². The van der Waals surface area contributed by atoms with Gasteiger partial charge in [0.2, 0.25) is 0 Å². The van der Waals surface area contributed by atoms with Gasteiger partial charge < -0.3 is 10.0 Å². The van der Waals surface area contributed by atoms with Crippen LogP contribution in [0.15, 0.2) is 36.5 Å². The lowest BCUT2D eigenvalue weighted by atomic mass is 10.1. The molecule has 3 heterocycles. The van der Waals surface area contributed by atoms with Crippen LogP contribution in [-0.4, -0.2) is 25.7 Å². The zero-order valence-corrected chi connectivity index (χ0v) is 11.4. The number of benzene rings is 1. The first-order valence-electron chi connectivity index (χ1n) is 6.72. The first kappa shape index (κ1) is 12.8. The normalized spacial score (nSPS) is 13.6. The third-order valence-corrected chi connectivity index (χ3v) is 3.78. The molecule has 2 aromatic heterocycles. The molecular formula is C15H11FN4O2. The summed E-state index contributed by atoms with van der Waals surface area (Å²) in [6.45, 7) is 1.16. The van der Waals surface area contributed by atoms with Gasteiger partial charge in [-0.2, -0.15) is 0 Å². The number of halogens is 1. The van der Waals surface area contributed by atoms with Crippen molar-refractivity contribution in [1.29, 1.82) is 0 Å². The molecule has 3 aromatic rings. The Kier molecular flexibility index (Phi) is 2.62. The molecule has 0 fully saturated rings. The number of fused-ring (bicyclic) bond motifs is 2. The second-order valence-electron chi connectivity index (χ2n) is 5.18. The first-order valence-corrected chi connectivity index (χ1v) is 6.72. The predicted octanol–water partition coefficient (Wildman–Crippen LogP) is 2.09. The van der Waals surface area contributed by atoms with Crippen LogP contribution in [0.3, 0.4) is 0 Å². The number of carboxylic acid groups (broad SMARTS) is 1. The number of aromatic nitrogens is 3. The number of aromatic carboxylic acids is 1. The van der Waals surface area contributed by atoms with E-state index in [2.05, 4.69) is 10.1 Å². The summed E-state index contributed by atoms with van der Waals surface area (Å²) in [4.78, 5) is 17.1. The number of nitrogens with zero attached hydrogens (tertiary/aromatic N) is 4. The minimum atomic E-state index is -1.08. The second-order valence-corrected chi connectivity index (χ2v) is 5.18. The number of carboxylic acids is 1. The van der Waals surface area contributed by atoms with E-state index in [1.54, 1.807) is 18.2 Å². The molecule has 4 rings (SSSR count). The van der Waals surface area contributed by atoms with Gasteiger partial charge in [-0.3, -0.25) is 0 Å². The number of carbonyl (C=O) groups is 1. The van der Waals surface area contributed by atoms with Gasteiger partial charge in [0.15, 0.2) is 11.3 Å². The van der Waals surface area contributed by atoms with Crippen LogP contribution in [0.1, 0.15) is 21.6 Å². The van der Waals surface area contributed by atoms with Gasteiger partial charge in [-0.15, -0.1) is 5.10 Å².